The maximum absolute atomic E-state index is 10.3. The Hall–Kier alpha value is -1.36. The highest BCUT2D eigenvalue weighted by molar-refractivity contribution is 7.07. The molecule has 0 amide bonds. The Bertz CT molecular complexity index is 515. The van der Waals surface area contributed by atoms with E-state index in [-0.39, 0.29) is 0 Å². The van der Waals surface area contributed by atoms with E-state index in [1.807, 2.05) is 30.3 Å². The molecule has 0 aliphatic heterocycles. The molecule has 0 bridgehead atoms. The molecule has 120 valence electrons. The van der Waals surface area contributed by atoms with Crippen molar-refractivity contribution in [2.24, 2.45) is 0 Å². The Morgan fingerprint density at radius 2 is 2.00 bits per heavy atom. The van der Waals surface area contributed by atoms with Crippen molar-refractivity contribution >= 4 is 11.3 Å². The van der Waals surface area contributed by atoms with Crippen LogP contribution < -0.4 is 4.74 Å². The highest BCUT2D eigenvalue weighted by atomic mass is 32.1. The smallest absolute Gasteiger partial charge is 0.119 e. The number of aliphatic hydroxyl groups is 1. The fourth-order valence-electron chi connectivity index (χ4n) is 2.31. The Morgan fingerprint density at radius 1 is 1.23 bits per heavy atom. The zero-order chi connectivity index (χ0) is 15.8. The lowest BCUT2D eigenvalue weighted by Gasteiger charge is -2.30. The van der Waals surface area contributed by atoms with Crippen molar-refractivity contribution in [3.8, 4) is 5.75 Å². The van der Waals surface area contributed by atoms with Gasteiger partial charge in [0, 0.05) is 19.1 Å². The Morgan fingerprint density at radius 3 is 2.64 bits per heavy atom. The zero-order valence-electron chi connectivity index (χ0n) is 13.3. The number of hydrogen-bond acceptors (Lipinski definition) is 4. The summed E-state index contributed by atoms with van der Waals surface area (Å²) in [4.78, 5) is 2.32. The minimum Gasteiger partial charge on any atom is -0.491 e. The summed E-state index contributed by atoms with van der Waals surface area (Å²) in [6.45, 7) is 6.20. The lowest BCUT2D eigenvalue weighted by atomic mass is 10.1. The minimum absolute atomic E-state index is 0.320. The van der Waals surface area contributed by atoms with E-state index in [1.165, 1.54) is 5.56 Å². The van der Waals surface area contributed by atoms with Crippen molar-refractivity contribution in [1.82, 2.24) is 4.90 Å². The van der Waals surface area contributed by atoms with Gasteiger partial charge in [0.2, 0.25) is 0 Å². The van der Waals surface area contributed by atoms with Crippen molar-refractivity contribution < 1.29 is 9.84 Å². The van der Waals surface area contributed by atoms with E-state index in [9.17, 15) is 5.11 Å². The monoisotopic (exact) mass is 319 g/mol. The molecule has 2 aromatic rings. The third-order valence-electron chi connectivity index (χ3n) is 3.81. The van der Waals surface area contributed by atoms with E-state index in [0.717, 1.165) is 18.7 Å². The summed E-state index contributed by atoms with van der Waals surface area (Å²) in [7, 11) is 0. The third kappa shape index (κ3) is 5.44. The fourth-order valence-corrected chi connectivity index (χ4v) is 2.97. The van der Waals surface area contributed by atoms with Crippen LogP contribution in [-0.2, 0) is 6.54 Å². The number of hydrogen-bond donors (Lipinski definition) is 1. The predicted molar refractivity (Wildman–Crippen MR) is 92.4 cm³/mol. The highest BCUT2D eigenvalue weighted by Crippen LogP contribution is 2.15. The van der Waals surface area contributed by atoms with Crippen LogP contribution in [0.3, 0.4) is 0 Å². The summed E-state index contributed by atoms with van der Waals surface area (Å²) in [6.07, 6.45) is 0.573. The molecule has 3 nitrogen and oxygen atoms in total. The molecule has 22 heavy (non-hydrogen) atoms. The van der Waals surface area contributed by atoms with Crippen LogP contribution in [0.4, 0.5) is 0 Å². The van der Waals surface area contributed by atoms with E-state index in [2.05, 4.69) is 35.6 Å². The van der Waals surface area contributed by atoms with Crippen LogP contribution in [0, 0.1) is 0 Å². The molecule has 0 unspecified atom stereocenters. The van der Waals surface area contributed by atoms with Crippen molar-refractivity contribution in [3.05, 3.63) is 52.7 Å². The van der Waals surface area contributed by atoms with Crippen LogP contribution >= 0.6 is 11.3 Å². The molecule has 0 aliphatic carbocycles. The number of benzene rings is 1. The maximum atomic E-state index is 10.3. The van der Waals surface area contributed by atoms with Crippen LogP contribution in [0.2, 0.25) is 0 Å². The van der Waals surface area contributed by atoms with Crippen LogP contribution in [0.5, 0.6) is 5.75 Å². The van der Waals surface area contributed by atoms with Gasteiger partial charge in [-0.05, 0) is 47.9 Å². The molecule has 2 atom stereocenters. The quantitative estimate of drug-likeness (QED) is 0.763. The SMILES string of the molecule is CC[C@H](C)N(Cc1ccsc1)C[C@@H](O)COc1ccccc1. The second-order valence-corrected chi connectivity index (χ2v) is 6.38. The Kier molecular flexibility index (Phi) is 6.90. The molecule has 1 N–H and O–H groups in total. The molecule has 0 radical (unpaired) electrons. The van der Waals surface area contributed by atoms with Gasteiger partial charge in [0.15, 0.2) is 0 Å². The molecule has 0 spiro atoms. The summed E-state index contributed by atoms with van der Waals surface area (Å²) < 4.78 is 5.64. The average Bonchev–Trinajstić information content (AvgIpc) is 3.05. The van der Waals surface area contributed by atoms with Gasteiger partial charge in [-0.2, -0.15) is 11.3 Å². The third-order valence-corrected chi connectivity index (χ3v) is 4.54. The summed E-state index contributed by atoms with van der Waals surface area (Å²) in [5.74, 6) is 0.800. The van der Waals surface area contributed by atoms with Gasteiger partial charge in [-0.25, -0.2) is 0 Å². The second kappa shape index (κ2) is 8.93. The standard InChI is InChI=1S/C18H25NO2S/c1-3-15(2)19(11-16-9-10-22-14-16)12-17(20)13-21-18-7-5-4-6-8-18/h4-10,14-15,17,20H,3,11-13H2,1-2H3/t15-,17+/m0/s1. The van der Waals surface area contributed by atoms with Crippen LogP contribution in [0.25, 0.3) is 0 Å². The van der Waals surface area contributed by atoms with E-state index < -0.39 is 6.10 Å². The zero-order valence-corrected chi connectivity index (χ0v) is 14.1. The molecular formula is C18H25NO2S. The first-order valence-corrected chi connectivity index (χ1v) is 8.74. The number of rotatable bonds is 9. The van der Waals surface area contributed by atoms with Crippen LogP contribution in [0.15, 0.2) is 47.2 Å². The summed E-state index contributed by atoms with van der Waals surface area (Å²) in [6, 6.07) is 12.2. The number of para-hydroxylation sites is 1. The van der Waals surface area contributed by atoms with Crippen molar-refractivity contribution in [1.29, 1.82) is 0 Å². The van der Waals surface area contributed by atoms with Gasteiger partial charge in [-0.1, -0.05) is 25.1 Å². The largest absolute Gasteiger partial charge is 0.491 e. The highest BCUT2D eigenvalue weighted by Gasteiger charge is 2.17. The molecule has 0 saturated heterocycles. The van der Waals surface area contributed by atoms with Crippen LogP contribution in [-0.4, -0.2) is 35.3 Å². The normalized spacial score (nSPS) is 14.0. The molecular weight excluding hydrogens is 294 g/mol. The van der Waals surface area contributed by atoms with E-state index >= 15 is 0 Å². The number of thiophene rings is 1. The average molecular weight is 319 g/mol. The predicted octanol–water partition coefficient (Wildman–Crippen LogP) is 3.79. The second-order valence-electron chi connectivity index (χ2n) is 5.60. The fraction of sp³-hybridized carbons (Fsp3) is 0.444. The van der Waals surface area contributed by atoms with Gasteiger partial charge in [-0.15, -0.1) is 0 Å². The molecule has 1 aromatic heterocycles. The topological polar surface area (TPSA) is 32.7 Å². The van der Waals surface area contributed by atoms with Gasteiger partial charge >= 0.3 is 0 Å². The van der Waals surface area contributed by atoms with Gasteiger partial charge < -0.3 is 9.84 Å². The number of ether oxygens (including phenoxy) is 1. The van der Waals surface area contributed by atoms with Gasteiger partial charge in [0.25, 0.3) is 0 Å². The summed E-state index contributed by atoms with van der Waals surface area (Å²) in [5, 5.41) is 14.6. The lowest BCUT2D eigenvalue weighted by Crippen LogP contribution is -2.40. The van der Waals surface area contributed by atoms with Crippen molar-refractivity contribution in [2.45, 2.75) is 39.0 Å². The van der Waals surface area contributed by atoms with E-state index in [4.69, 9.17) is 4.74 Å². The van der Waals surface area contributed by atoms with Gasteiger partial charge in [-0.3, -0.25) is 4.90 Å². The summed E-state index contributed by atoms with van der Waals surface area (Å²) in [5.41, 5.74) is 1.31. The van der Waals surface area contributed by atoms with Crippen LogP contribution in [0.1, 0.15) is 25.8 Å². The molecule has 2 rings (SSSR count). The Labute approximate surface area is 137 Å². The molecule has 0 fully saturated rings. The number of nitrogens with zero attached hydrogens (tertiary/aromatic N) is 1. The first kappa shape index (κ1) is 17.0. The maximum Gasteiger partial charge on any atom is 0.119 e. The Balaban J connectivity index is 1.85. The molecule has 1 aromatic carbocycles. The van der Waals surface area contributed by atoms with Crippen molar-refractivity contribution in [2.75, 3.05) is 13.2 Å². The molecule has 0 saturated carbocycles. The summed E-state index contributed by atoms with van der Waals surface area (Å²) >= 11 is 1.71. The minimum atomic E-state index is -0.493. The molecule has 4 heteroatoms. The van der Waals surface area contributed by atoms with Gasteiger partial charge in [0.1, 0.15) is 18.5 Å². The first-order valence-electron chi connectivity index (χ1n) is 7.80. The van der Waals surface area contributed by atoms with Gasteiger partial charge in [0.05, 0.1) is 0 Å². The number of aliphatic hydroxyl groups excluding tert-OH is 1. The molecule has 0 aliphatic rings. The lowest BCUT2D eigenvalue weighted by molar-refractivity contribution is 0.0507. The molecule has 1 heterocycles. The van der Waals surface area contributed by atoms with E-state index in [1.54, 1.807) is 11.3 Å². The van der Waals surface area contributed by atoms with E-state index in [0.29, 0.717) is 19.2 Å². The van der Waals surface area contributed by atoms with Crippen molar-refractivity contribution in [3.63, 3.8) is 0 Å². The first-order chi connectivity index (χ1) is 10.7.